The molecule has 0 saturated carbocycles. The first-order valence-electron chi connectivity index (χ1n) is 7.79. The SMILES string of the molecule is COC(Cn1nc(-c2ccc3oc(N)nc3c2)c2c(N)ncnc21)OC. The van der Waals surface area contributed by atoms with E-state index in [-0.39, 0.29) is 6.01 Å². The molecule has 4 aromatic rings. The van der Waals surface area contributed by atoms with Crippen LogP contribution in [-0.2, 0) is 16.0 Å². The maximum atomic E-state index is 6.10. The monoisotopic (exact) mass is 355 g/mol. The van der Waals surface area contributed by atoms with Crippen LogP contribution in [0.3, 0.4) is 0 Å². The lowest BCUT2D eigenvalue weighted by atomic mass is 10.1. The molecule has 0 fully saturated rings. The van der Waals surface area contributed by atoms with E-state index in [0.29, 0.717) is 40.2 Å². The van der Waals surface area contributed by atoms with Crippen molar-refractivity contribution in [3.8, 4) is 11.3 Å². The topological polar surface area (TPSA) is 140 Å². The van der Waals surface area contributed by atoms with E-state index in [2.05, 4.69) is 20.1 Å². The molecule has 134 valence electrons. The Hall–Kier alpha value is -3.24. The second-order valence-electron chi connectivity index (χ2n) is 5.62. The van der Waals surface area contributed by atoms with Gasteiger partial charge < -0.3 is 25.4 Å². The molecule has 4 N–H and O–H groups in total. The molecule has 0 spiro atoms. The summed E-state index contributed by atoms with van der Waals surface area (Å²) in [5.74, 6) is 0.336. The van der Waals surface area contributed by atoms with Crippen molar-refractivity contribution < 1.29 is 13.9 Å². The third-order valence-electron chi connectivity index (χ3n) is 4.08. The van der Waals surface area contributed by atoms with Crippen LogP contribution in [0.4, 0.5) is 11.8 Å². The number of nitrogens with zero attached hydrogens (tertiary/aromatic N) is 5. The number of ether oxygens (including phenoxy) is 2. The van der Waals surface area contributed by atoms with Crippen LogP contribution in [0.15, 0.2) is 28.9 Å². The second kappa shape index (κ2) is 6.24. The number of fused-ring (bicyclic) bond motifs is 2. The minimum atomic E-state index is -0.472. The van der Waals surface area contributed by atoms with Crippen LogP contribution < -0.4 is 11.5 Å². The quantitative estimate of drug-likeness (QED) is 0.508. The molecule has 0 saturated heterocycles. The third-order valence-corrected chi connectivity index (χ3v) is 4.08. The van der Waals surface area contributed by atoms with Crippen LogP contribution >= 0.6 is 0 Å². The number of aromatic nitrogens is 5. The number of benzene rings is 1. The van der Waals surface area contributed by atoms with Crippen LogP contribution in [0.2, 0.25) is 0 Å². The van der Waals surface area contributed by atoms with Gasteiger partial charge in [-0.1, -0.05) is 0 Å². The molecule has 10 nitrogen and oxygen atoms in total. The molecule has 0 radical (unpaired) electrons. The molecule has 26 heavy (non-hydrogen) atoms. The molecule has 3 heterocycles. The van der Waals surface area contributed by atoms with Crippen molar-refractivity contribution in [1.82, 2.24) is 24.7 Å². The molecular formula is C16H17N7O3. The summed E-state index contributed by atoms with van der Waals surface area (Å²) in [5, 5.41) is 5.30. The Labute approximate surface area is 147 Å². The van der Waals surface area contributed by atoms with Crippen molar-refractivity contribution >= 4 is 34.0 Å². The summed E-state index contributed by atoms with van der Waals surface area (Å²) in [6, 6.07) is 5.58. The van der Waals surface area contributed by atoms with Crippen molar-refractivity contribution in [2.24, 2.45) is 0 Å². The summed E-state index contributed by atoms with van der Waals surface area (Å²) >= 11 is 0. The van der Waals surface area contributed by atoms with Gasteiger partial charge in [-0.3, -0.25) is 0 Å². The van der Waals surface area contributed by atoms with Gasteiger partial charge in [0, 0.05) is 19.8 Å². The van der Waals surface area contributed by atoms with Crippen molar-refractivity contribution in [2.75, 3.05) is 25.7 Å². The van der Waals surface area contributed by atoms with Gasteiger partial charge in [0.05, 0.1) is 11.9 Å². The Bertz CT molecular complexity index is 1080. The van der Waals surface area contributed by atoms with Crippen LogP contribution in [0.1, 0.15) is 0 Å². The van der Waals surface area contributed by atoms with E-state index >= 15 is 0 Å². The van der Waals surface area contributed by atoms with E-state index in [1.165, 1.54) is 6.33 Å². The van der Waals surface area contributed by atoms with Gasteiger partial charge in [0.25, 0.3) is 6.01 Å². The van der Waals surface area contributed by atoms with Crippen LogP contribution in [0, 0.1) is 0 Å². The molecule has 0 atom stereocenters. The molecular weight excluding hydrogens is 338 g/mol. The van der Waals surface area contributed by atoms with E-state index in [1.54, 1.807) is 25.0 Å². The molecule has 4 rings (SSSR count). The molecule has 3 aromatic heterocycles. The predicted molar refractivity (Wildman–Crippen MR) is 95.0 cm³/mol. The standard InChI is InChI=1S/C16H17N7O3/c1-24-11(25-2)6-23-15-12(14(17)19-7-20-15)13(22-23)8-3-4-10-9(5-8)21-16(18)26-10/h3-5,7,11H,6H2,1-2H3,(H2,18,21)(H2,17,19,20). The van der Waals surface area contributed by atoms with Crippen LogP contribution in [0.5, 0.6) is 0 Å². The number of nitrogen functional groups attached to an aromatic ring is 2. The van der Waals surface area contributed by atoms with Crippen molar-refractivity contribution in [1.29, 1.82) is 0 Å². The largest absolute Gasteiger partial charge is 0.424 e. The number of methoxy groups -OCH3 is 2. The number of hydrogen-bond donors (Lipinski definition) is 2. The smallest absolute Gasteiger partial charge is 0.292 e. The molecule has 0 aliphatic heterocycles. The highest BCUT2D eigenvalue weighted by Crippen LogP contribution is 2.32. The molecule has 0 bridgehead atoms. The lowest BCUT2D eigenvalue weighted by Gasteiger charge is -2.13. The zero-order valence-corrected chi connectivity index (χ0v) is 14.2. The fraction of sp³-hybridized carbons (Fsp3) is 0.250. The number of rotatable bonds is 5. The molecule has 0 unspecified atom stereocenters. The first-order valence-corrected chi connectivity index (χ1v) is 7.79. The lowest BCUT2D eigenvalue weighted by Crippen LogP contribution is -2.21. The van der Waals surface area contributed by atoms with E-state index in [1.807, 2.05) is 12.1 Å². The van der Waals surface area contributed by atoms with Gasteiger partial charge in [-0.2, -0.15) is 10.1 Å². The Morgan fingerprint density at radius 2 is 2.00 bits per heavy atom. The van der Waals surface area contributed by atoms with E-state index < -0.39 is 6.29 Å². The summed E-state index contributed by atoms with van der Waals surface area (Å²) in [4.78, 5) is 12.6. The van der Waals surface area contributed by atoms with E-state index in [9.17, 15) is 0 Å². The number of nitrogens with two attached hydrogens (primary N) is 2. The minimum absolute atomic E-state index is 0.110. The number of hydrogen-bond acceptors (Lipinski definition) is 9. The molecule has 0 amide bonds. The van der Waals surface area contributed by atoms with Gasteiger partial charge in [0.1, 0.15) is 23.4 Å². The van der Waals surface area contributed by atoms with E-state index in [0.717, 1.165) is 5.56 Å². The maximum absolute atomic E-state index is 6.10. The summed E-state index contributed by atoms with van der Waals surface area (Å²) in [5.41, 5.74) is 15.0. The zero-order valence-electron chi connectivity index (χ0n) is 14.2. The minimum Gasteiger partial charge on any atom is -0.424 e. The Morgan fingerprint density at radius 3 is 2.77 bits per heavy atom. The van der Waals surface area contributed by atoms with Crippen molar-refractivity contribution in [3.05, 3.63) is 24.5 Å². The second-order valence-corrected chi connectivity index (χ2v) is 5.62. The third kappa shape index (κ3) is 2.61. The van der Waals surface area contributed by atoms with Crippen molar-refractivity contribution in [3.63, 3.8) is 0 Å². The summed E-state index contributed by atoms with van der Waals surface area (Å²) in [6.07, 6.45) is 0.926. The highest BCUT2D eigenvalue weighted by atomic mass is 16.7. The number of oxazole rings is 1. The summed E-state index contributed by atoms with van der Waals surface area (Å²) < 4.78 is 17.5. The zero-order chi connectivity index (χ0) is 18.3. The molecule has 1 aromatic carbocycles. The average molecular weight is 355 g/mol. The van der Waals surface area contributed by atoms with Crippen molar-refractivity contribution in [2.45, 2.75) is 12.8 Å². The van der Waals surface area contributed by atoms with Gasteiger partial charge in [0.15, 0.2) is 17.5 Å². The highest BCUT2D eigenvalue weighted by Gasteiger charge is 2.20. The summed E-state index contributed by atoms with van der Waals surface area (Å²) in [6.45, 7) is 0.346. The fourth-order valence-corrected chi connectivity index (χ4v) is 2.84. The Kier molecular flexibility index (Phi) is 3.90. The van der Waals surface area contributed by atoms with Crippen LogP contribution in [0.25, 0.3) is 33.4 Å². The lowest BCUT2D eigenvalue weighted by molar-refractivity contribution is -0.111. The normalized spacial score (nSPS) is 11.8. The van der Waals surface area contributed by atoms with Gasteiger partial charge in [-0.05, 0) is 18.2 Å². The van der Waals surface area contributed by atoms with Gasteiger partial charge in [0.2, 0.25) is 0 Å². The predicted octanol–water partition coefficient (Wildman–Crippen LogP) is 1.42. The highest BCUT2D eigenvalue weighted by molar-refractivity contribution is 5.99. The van der Waals surface area contributed by atoms with Crippen LogP contribution in [-0.4, -0.2) is 45.2 Å². The molecule has 0 aliphatic rings. The Balaban J connectivity index is 1.90. The maximum Gasteiger partial charge on any atom is 0.292 e. The first-order chi connectivity index (χ1) is 12.6. The Morgan fingerprint density at radius 1 is 1.19 bits per heavy atom. The van der Waals surface area contributed by atoms with Gasteiger partial charge in [-0.15, -0.1) is 0 Å². The van der Waals surface area contributed by atoms with E-state index in [4.69, 9.17) is 25.4 Å². The average Bonchev–Trinajstić information content (AvgIpc) is 3.19. The number of anilines is 2. The molecule has 0 aliphatic carbocycles. The first kappa shape index (κ1) is 16.2. The summed E-state index contributed by atoms with van der Waals surface area (Å²) in [7, 11) is 3.13. The van der Waals surface area contributed by atoms with Gasteiger partial charge in [-0.25, -0.2) is 14.6 Å². The fourth-order valence-electron chi connectivity index (χ4n) is 2.84. The molecule has 10 heteroatoms. The van der Waals surface area contributed by atoms with Gasteiger partial charge >= 0.3 is 0 Å².